The monoisotopic (exact) mass is 298 g/mol. The summed E-state index contributed by atoms with van der Waals surface area (Å²) in [6.45, 7) is 9.28. The fourth-order valence-electron chi connectivity index (χ4n) is 4.46. The molecule has 1 aromatic rings. The molecule has 1 fully saturated rings. The van der Waals surface area contributed by atoms with Crippen LogP contribution in [0.3, 0.4) is 0 Å². The Bertz CT molecular complexity index is 555. The van der Waals surface area contributed by atoms with Crippen LogP contribution in [0.15, 0.2) is 35.9 Å². The predicted octanol–water partition coefficient (Wildman–Crippen LogP) is 5.79. The molecule has 0 aromatic heterocycles. The van der Waals surface area contributed by atoms with Gasteiger partial charge in [0.1, 0.15) is 11.9 Å². The minimum atomic E-state index is 0.294. The van der Waals surface area contributed by atoms with Gasteiger partial charge in [-0.2, -0.15) is 0 Å². The van der Waals surface area contributed by atoms with E-state index >= 15 is 0 Å². The molecule has 1 aromatic carbocycles. The second-order valence-electron chi connectivity index (χ2n) is 7.93. The van der Waals surface area contributed by atoms with Crippen LogP contribution in [-0.2, 0) is 6.42 Å². The molecule has 1 nitrogen and oxygen atoms in total. The van der Waals surface area contributed by atoms with Gasteiger partial charge in [-0.05, 0) is 69.4 Å². The summed E-state index contributed by atoms with van der Waals surface area (Å²) in [4.78, 5) is 0. The molecule has 1 heterocycles. The van der Waals surface area contributed by atoms with Gasteiger partial charge in [0.15, 0.2) is 0 Å². The maximum atomic E-state index is 6.56. The molecule has 22 heavy (non-hydrogen) atoms. The second kappa shape index (κ2) is 6.10. The number of ether oxygens (including phenoxy) is 1. The molecule has 120 valence electrons. The minimum Gasteiger partial charge on any atom is -0.489 e. The van der Waals surface area contributed by atoms with Gasteiger partial charge in [0.05, 0.1) is 0 Å². The Hall–Kier alpha value is -1.24. The number of fused-ring (bicyclic) bond motifs is 2. The molecule has 3 rings (SSSR count). The van der Waals surface area contributed by atoms with Crippen molar-refractivity contribution in [2.24, 2.45) is 17.3 Å². The van der Waals surface area contributed by atoms with Crippen LogP contribution in [0.4, 0.5) is 0 Å². The molecule has 0 N–H and O–H groups in total. The van der Waals surface area contributed by atoms with Crippen molar-refractivity contribution in [2.75, 3.05) is 0 Å². The molecule has 4 atom stereocenters. The molecule has 1 heteroatoms. The van der Waals surface area contributed by atoms with Crippen molar-refractivity contribution in [2.45, 2.75) is 65.9 Å². The van der Waals surface area contributed by atoms with E-state index in [2.05, 4.69) is 58.0 Å². The van der Waals surface area contributed by atoms with Gasteiger partial charge in [-0.15, -0.1) is 0 Å². The van der Waals surface area contributed by atoms with Crippen molar-refractivity contribution in [3.8, 4) is 5.75 Å². The summed E-state index contributed by atoms with van der Waals surface area (Å²) in [5, 5.41) is 0. The SMILES string of the molecule is CC(C)=CCC[C@@H]1CC[C@H](C)[C@@]2(C)Cc3ccccc3OC12. The van der Waals surface area contributed by atoms with Crippen LogP contribution in [0.25, 0.3) is 0 Å². The molecule has 1 saturated carbocycles. The highest BCUT2D eigenvalue weighted by molar-refractivity contribution is 5.37. The van der Waals surface area contributed by atoms with Crippen LogP contribution >= 0.6 is 0 Å². The van der Waals surface area contributed by atoms with Crippen LogP contribution < -0.4 is 4.74 Å². The first-order chi connectivity index (χ1) is 10.5. The Morgan fingerprint density at radius 3 is 2.82 bits per heavy atom. The van der Waals surface area contributed by atoms with Gasteiger partial charge in [0, 0.05) is 5.41 Å². The lowest BCUT2D eigenvalue weighted by Crippen LogP contribution is -2.53. The van der Waals surface area contributed by atoms with E-state index in [0.717, 1.165) is 11.7 Å². The maximum absolute atomic E-state index is 6.56. The number of hydrogen-bond acceptors (Lipinski definition) is 1. The van der Waals surface area contributed by atoms with E-state index in [1.807, 2.05) is 0 Å². The summed E-state index contributed by atoms with van der Waals surface area (Å²) >= 11 is 0. The van der Waals surface area contributed by atoms with E-state index in [4.69, 9.17) is 4.74 Å². The summed E-state index contributed by atoms with van der Waals surface area (Å²) in [6.07, 6.45) is 9.06. The lowest BCUT2D eigenvalue weighted by atomic mass is 9.58. The van der Waals surface area contributed by atoms with Crippen molar-refractivity contribution in [3.63, 3.8) is 0 Å². The number of hydrogen-bond donors (Lipinski definition) is 0. The van der Waals surface area contributed by atoms with Gasteiger partial charge in [-0.25, -0.2) is 0 Å². The van der Waals surface area contributed by atoms with E-state index in [0.29, 0.717) is 17.4 Å². The first-order valence-electron chi connectivity index (χ1n) is 8.88. The average Bonchev–Trinajstić information content (AvgIpc) is 2.48. The highest BCUT2D eigenvalue weighted by Gasteiger charge is 2.50. The van der Waals surface area contributed by atoms with Crippen molar-refractivity contribution in [1.82, 2.24) is 0 Å². The minimum absolute atomic E-state index is 0.294. The van der Waals surface area contributed by atoms with Crippen molar-refractivity contribution >= 4 is 0 Å². The van der Waals surface area contributed by atoms with Gasteiger partial charge in [0.2, 0.25) is 0 Å². The van der Waals surface area contributed by atoms with Crippen molar-refractivity contribution < 1.29 is 4.74 Å². The third-order valence-electron chi connectivity index (χ3n) is 6.06. The van der Waals surface area contributed by atoms with Crippen LogP contribution in [0.2, 0.25) is 0 Å². The van der Waals surface area contributed by atoms with E-state index < -0.39 is 0 Å². The van der Waals surface area contributed by atoms with Gasteiger partial charge in [-0.1, -0.05) is 43.7 Å². The first-order valence-corrected chi connectivity index (χ1v) is 8.88. The molecule has 0 saturated heterocycles. The Labute approximate surface area is 135 Å². The zero-order chi connectivity index (χ0) is 15.7. The molecule has 2 aliphatic rings. The summed E-state index contributed by atoms with van der Waals surface area (Å²) in [6, 6.07) is 8.65. The molecule has 0 bridgehead atoms. The molecule has 0 amide bonds. The first kappa shape index (κ1) is 15.6. The molecule has 1 unspecified atom stereocenters. The normalized spacial score (nSPS) is 33.4. The van der Waals surface area contributed by atoms with E-state index in [1.165, 1.54) is 43.2 Å². The smallest absolute Gasteiger partial charge is 0.122 e. The Balaban J connectivity index is 1.83. The van der Waals surface area contributed by atoms with E-state index in [-0.39, 0.29) is 0 Å². The predicted molar refractivity (Wildman–Crippen MR) is 93.2 cm³/mol. The topological polar surface area (TPSA) is 9.23 Å². The van der Waals surface area contributed by atoms with Crippen LogP contribution in [0.5, 0.6) is 5.75 Å². The fraction of sp³-hybridized carbons (Fsp3) is 0.619. The van der Waals surface area contributed by atoms with E-state index in [1.54, 1.807) is 0 Å². The molecule has 0 spiro atoms. The third kappa shape index (κ3) is 2.83. The molecule has 0 radical (unpaired) electrons. The average molecular weight is 298 g/mol. The summed E-state index contributed by atoms with van der Waals surface area (Å²) < 4.78 is 6.56. The van der Waals surface area contributed by atoms with Crippen LogP contribution in [0.1, 0.15) is 58.9 Å². The zero-order valence-corrected chi connectivity index (χ0v) is 14.6. The molecule has 1 aliphatic heterocycles. The largest absolute Gasteiger partial charge is 0.489 e. The summed E-state index contributed by atoms with van der Waals surface area (Å²) in [5.41, 5.74) is 3.13. The van der Waals surface area contributed by atoms with Gasteiger partial charge in [-0.3, -0.25) is 0 Å². The number of benzene rings is 1. The van der Waals surface area contributed by atoms with Gasteiger partial charge < -0.3 is 4.74 Å². The standard InChI is InChI=1S/C21H30O/c1-15(2)8-7-10-17-13-12-16(3)21(4)14-18-9-5-6-11-19(18)22-20(17)21/h5-6,8-9,11,16-17,20H,7,10,12-14H2,1-4H3/t16-,17+,20?,21+/m0/s1. The highest BCUT2D eigenvalue weighted by Crippen LogP contribution is 2.52. The second-order valence-corrected chi connectivity index (χ2v) is 7.93. The zero-order valence-electron chi connectivity index (χ0n) is 14.6. The van der Waals surface area contributed by atoms with Gasteiger partial charge >= 0.3 is 0 Å². The Kier molecular flexibility index (Phi) is 4.34. The maximum Gasteiger partial charge on any atom is 0.122 e. The van der Waals surface area contributed by atoms with Crippen molar-refractivity contribution in [1.29, 1.82) is 0 Å². The van der Waals surface area contributed by atoms with Gasteiger partial charge in [0.25, 0.3) is 0 Å². The number of rotatable bonds is 3. The molecule has 1 aliphatic carbocycles. The lowest BCUT2D eigenvalue weighted by molar-refractivity contribution is -0.0730. The van der Waals surface area contributed by atoms with Crippen LogP contribution in [0, 0.1) is 17.3 Å². The molecular weight excluding hydrogens is 268 g/mol. The molecular formula is C21H30O. The highest BCUT2D eigenvalue weighted by atomic mass is 16.5. The fourth-order valence-corrected chi connectivity index (χ4v) is 4.46. The van der Waals surface area contributed by atoms with E-state index in [9.17, 15) is 0 Å². The number of para-hydroxylation sites is 1. The summed E-state index contributed by atoms with van der Waals surface area (Å²) in [5.74, 6) is 2.57. The quantitative estimate of drug-likeness (QED) is 0.642. The third-order valence-corrected chi connectivity index (χ3v) is 6.06. The van der Waals surface area contributed by atoms with Crippen LogP contribution in [-0.4, -0.2) is 6.10 Å². The lowest BCUT2D eigenvalue weighted by Gasteiger charge is -2.52. The summed E-state index contributed by atoms with van der Waals surface area (Å²) in [7, 11) is 0. The van der Waals surface area contributed by atoms with Crippen molar-refractivity contribution in [3.05, 3.63) is 41.5 Å². The number of allylic oxidation sites excluding steroid dienone is 2. The Morgan fingerprint density at radius 1 is 1.27 bits per heavy atom. The Morgan fingerprint density at radius 2 is 2.05 bits per heavy atom.